The number of hydrogen-bond donors (Lipinski definition) is 1. The number of nitrogens with one attached hydrogen (secondary N) is 1. The van der Waals surface area contributed by atoms with Gasteiger partial charge in [-0.25, -0.2) is 8.42 Å². The molecule has 2 amide bonds. The molecule has 214 valence electrons. The van der Waals surface area contributed by atoms with Gasteiger partial charge in [-0.15, -0.1) is 0 Å². The molecule has 0 radical (unpaired) electrons. The zero-order valence-electron chi connectivity index (χ0n) is 23.9. The lowest BCUT2D eigenvalue weighted by molar-refractivity contribution is -0.141. The molecule has 8 nitrogen and oxygen atoms in total. The molecule has 0 aliphatic carbocycles. The number of anilines is 1. The van der Waals surface area contributed by atoms with Gasteiger partial charge in [-0.1, -0.05) is 48.5 Å². The summed E-state index contributed by atoms with van der Waals surface area (Å²) < 4.78 is 32.0. The van der Waals surface area contributed by atoms with Gasteiger partial charge in [-0.2, -0.15) is 0 Å². The minimum atomic E-state index is -3.57. The van der Waals surface area contributed by atoms with E-state index in [0.717, 1.165) is 22.3 Å². The molecule has 0 heterocycles. The average molecular weight is 566 g/mol. The number of aryl methyl sites for hydroxylation is 2. The van der Waals surface area contributed by atoms with Gasteiger partial charge >= 0.3 is 0 Å². The van der Waals surface area contributed by atoms with Gasteiger partial charge in [0.25, 0.3) is 0 Å². The van der Waals surface area contributed by atoms with Crippen molar-refractivity contribution in [2.45, 2.75) is 45.7 Å². The number of methoxy groups -OCH3 is 1. The highest BCUT2D eigenvalue weighted by Gasteiger charge is 2.30. The van der Waals surface area contributed by atoms with Gasteiger partial charge in [0.05, 0.1) is 19.1 Å². The number of hydrogen-bond acceptors (Lipinski definition) is 5. The average Bonchev–Trinajstić information content (AvgIpc) is 2.94. The molecule has 0 spiro atoms. The van der Waals surface area contributed by atoms with Crippen molar-refractivity contribution >= 4 is 27.5 Å². The van der Waals surface area contributed by atoms with Crippen LogP contribution in [0.15, 0.2) is 72.8 Å². The van der Waals surface area contributed by atoms with Gasteiger partial charge in [0.15, 0.2) is 0 Å². The van der Waals surface area contributed by atoms with E-state index in [1.165, 1.54) is 10.6 Å². The van der Waals surface area contributed by atoms with E-state index < -0.39 is 16.1 Å². The van der Waals surface area contributed by atoms with Crippen LogP contribution >= 0.6 is 0 Å². The summed E-state index contributed by atoms with van der Waals surface area (Å²) in [4.78, 5) is 28.5. The number of sulfonamides is 1. The molecule has 0 aliphatic heterocycles. The molecule has 0 fully saturated rings. The first-order chi connectivity index (χ1) is 19.0. The summed E-state index contributed by atoms with van der Waals surface area (Å²) in [7, 11) is -0.431. The van der Waals surface area contributed by atoms with Crippen LogP contribution < -0.4 is 14.4 Å². The molecule has 3 aromatic carbocycles. The van der Waals surface area contributed by atoms with Gasteiger partial charge in [-0.3, -0.25) is 13.9 Å². The van der Waals surface area contributed by atoms with E-state index in [2.05, 4.69) is 5.32 Å². The third kappa shape index (κ3) is 8.32. The largest absolute Gasteiger partial charge is 0.497 e. The molecule has 0 saturated carbocycles. The monoisotopic (exact) mass is 565 g/mol. The Morgan fingerprint density at radius 1 is 0.925 bits per heavy atom. The van der Waals surface area contributed by atoms with Crippen molar-refractivity contribution < 1.29 is 22.7 Å². The highest BCUT2D eigenvalue weighted by Crippen LogP contribution is 2.23. The summed E-state index contributed by atoms with van der Waals surface area (Å²) in [5, 5.41) is 2.71. The van der Waals surface area contributed by atoms with Crippen LogP contribution in [0.1, 0.15) is 35.1 Å². The maximum absolute atomic E-state index is 13.8. The number of ether oxygens (including phenoxy) is 1. The third-order valence-electron chi connectivity index (χ3n) is 6.94. The van der Waals surface area contributed by atoms with E-state index >= 15 is 0 Å². The van der Waals surface area contributed by atoms with Gasteiger partial charge in [-0.05, 0) is 66.8 Å². The molecule has 1 atom stereocenters. The fourth-order valence-electron chi connectivity index (χ4n) is 4.57. The zero-order chi connectivity index (χ0) is 29.3. The second kappa shape index (κ2) is 14.0. The predicted molar refractivity (Wildman–Crippen MR) is 159 cm³/mol. The summed E-state index contributed by atoms with van der Waals surface area (Å²) in [5.41, 5.74) is 4.37. The van der Waals surface area contributed by atoms with E-state index in [0.29, 0.717) is 24.3 Å². The quantitative estimate of drug-likeness (QED) is 0.334. The minimum absolute atomic E-state index is 0.0725. The van der Waals surface area contributed by atoms with Crippen LogP contribution in [0.25, 0.3) is 0 Å². The number of likely N-dealkylation sites (N-methyl/N-ethyl adjacent to an activating group) is 1. The summed E-state index contributed by atoms with van der Waals surface area (Å²) in [6.45, 7) is 4.25. The third-order valence-corrected chi connectivity index (χ3v) is 8.13. The van der Waals surface area contributed by atoms with Crippen LogP contribution in [-0.4, -0.2) is 58.1 Å². The van der Waals surface area contributed by atoms with E-state index in [1.807, 2.05) is 80.6 Å². The van der Waals surface area contributed by atoms with Crippen molar-refractivity contribution in [3.8, 4) is 5.75 Å². The number of amides is 2. The van der Waals surface area contributed by atoms with Crippen molar-refractivity contribution in [2.75, 3.05) is 31.3 Å². The molecule has 0 bridgehead atoms. The Balaban J connectivity index is 1.86. The van der Waals surface area contributed by atoms with Gasteiger partial charge in [0, 0.05) is 33.0 Å². The molecular formula is C31H39N3O5S. The highest BCUT2D eigenvalue weighted by atomic mass is 32.2. The summed E-state index contributed by atoms with van der Waals surface area (Å²) in [6, 6.07) is 21.7. The van der Waals surface area contributed by atoms with Gasteiger partial charge in [0.2, 0.25) is 21.8 Å². The van der Waals surface area contributed by atoms with Crippen LogP contribution in [-0.2, 0) is 32.6 Å². The van der Waals surface area contributed by atoms with E-state index in [1.54, 1.807) is 25.1 Å². The molecule has 1 N–H and O–H groups in total. The van der Waals surface area contributed by atoms with Crippen LogP contribution in [0.4, 0.5) is 5.69 Å². The lowest BCUT2D eigenvalue weighted by Gasteiger charge is -2.31. The van der Waals surface area contributed by atoms with Crippen LogP contribution in [0.2, 0.25) is 0 Å². The molecule has 0 saturated heterocycles. The maximum atomic E-state index is 13.8. The Morgan fingerprint density at radius 3 is 2.25 bits per heavy atom. The second-order valence-corrected chi connectivity index (χ2v) is 11.8. The normalized spacial score (nSPS) is 11.9. The summed E-state index contributed by atoms with van der Waals surface area (Å²) >= 11 is 0. The molecule has 0 aromatic heterocycles. The second-order valence-electron chi connectivity index (χ2n) is 9.90. The lowest BCUT2D eigenvalue weighted by Crippen LogP contribution is -2.49. The Hall–Kier alpha value is -3.85. The Kier molecular flexibility index (Phi) is 10.7. The van der Waals surface area contributed by atoms with Crippen LogP contribution in [0, 0.1) is 13.8 Å². The molecule has 40 heavy (non-hydrogen) atoms. The molecule has 3 aromatic rings. The minimum Gasteiger partial charge on any atom is -0.497 e. The SMILES string of the molecule is CNC(=O)[C@@H](Cc1ccccc1)N(Cc1cccc(OC)c1)C(=O)CCCN(c1ccc(C)c(C)c1)S(C)(=O)=O. The number of benzene rings is 3. The summed E-state index contributed by atoms with van der Waals surface area (Å²) in [6.07, 6.45) is 1.87. The molecule has 9 heteroatoms. The smallest absolute Gasteiger partial charge is 0.242 e. The number of nitrogens with zero attached hydrogens (tertiary/aromatic N) is 2. The van der Waals surface area contributed by atoms with E-state index in [9.17, 15) is 18.0 Å². The van der Waals surface area contributed by atoms with Gasteiger partial charge < -0.3 is 15.0 Å². The number of rotatable bonds is 13. The topological polar surface area (TPSA) is 96.0 Å². The van der Waals surface area contributed by atoms with Gasteiger partial charge in [0.1, 0.15) is 11.8 Å². The van der Waals surface area contributed by atoms with Crippen LogP contribution in [0.5, 0.6) is 5.75 Å². The molecule has 0 unspecified atom stereocenters. The first kappa shape index (κ1) is 30.7. The fourth-order valence-corrected chi connectivity index (χ4v) is 5.53. The van der Waals surface area contributed by atoms with E-state index in [-0.39, 0.29) is 31.3 Å². The lowest BCUT2D eigenvalue weighted by atomic mass is 10.0. The zero-order valence-corrected chi connectivity index (χ0v) is 24.7. The van der Waals surface area contributed by atoms with Crippen molar-refractivity contribution in [1.82, 2.24) is 10.2 Å². The number of carbonyl (C=O) groups excluding carboxylic acids is 2. The first-order valence-corrected chi connectivity index (χ1v) is 15.1. The van der Waals surface area contributed by atoms with Crippen LogP contribution in [0.3, 0.4) is 0 Å². The van der Waals surface area contributed by atoms with E-state index in [4.69, 9.17) is 4.74 Å². The molecular weight excluding hydrogens is 526 g/mol. The van der Waals surface area contributed by atoms with Crippen molar-refractivity contribution in [2.24, 2.45) is 0 Å². The first-order valence-electron chi connectivity index (χ1n) is 13.3. The molecule has 0 aliphatic rings. The predicted octanol–water partition coefficient (Wildman–Crippen LogP) is 4.24. The standard InChI is InChI=1S/C31H39N3O5S/c1-23-16-17-27(19-24(23)2)34(40(5,37)38)18-10-15-30(35)33(22-26-13-9-14-28(20-26)39-4)29(31(36)32-3)21-25-11-7-6-8-12-25/h6-9,11-14,16-17,19-20,29H,10,15,18,21-22H2,1-5H3,(H,32,36)/t29-/m1/s1. The van der Waals surface area contributed by atoms with Crippen molar-refractivity contribution in [3.05, 3.63) is 95.1 Å². The number of carbonyl (C=O) groups is 2. The Morgan fingerprint density at radius 2 is 1.62 bits per heavy atom. The Labute approximate surface area is 238 Å². The maximum Gasteiger partial charge on any atom is 0.242 e. The summed E-state index contributed by atoms with van der Waals surface area (Å²) in [5.74, 6) is 0.149. The van der Waals surface area contributed by atoms with Crippen molar-refractivity contribution in [1.29, 1.82) is 0 Å². The van der Waals surface area contributed by atoms with Crippen molar-refractivity contribution in [3.63, 3.8) is 0 Å². The Bertz CT molecular complexity index is 1410. The molecule has 3 rings (SSSR count). The highest BCUT2D eigenvalue weighted by molar-refractivity contribution is 7.92. The fraction of sp³-hybridized carbons (Fsp3) is 0.355.